The lowest BCUT2D eigenvalue weighted by Crippen LogP contribution is -2.08. The van der Waals surface area contributed by atoms with Crippen molar-refractivity contribution in [2.24, 2.45) is 5.92 Å². The Balaban J connectivity index is 1.88. The van der Waals surface area contributed by atoms with E-state index in [9.17, 15) is 9.59 Å². The second kappa shape index (κ2) is 11.1. The molecule has 0 saturated carbocycles. The van der Waals surface area contributed by atoms with E-state index in [-0.39, 0.29) is 6.61 Å². The van der Waals surface area contributed by atoms with E-state index >= 15 is 0 Å². The molecule has 0 N–H and O–H groups in total. The molecule has 4 heteroatoms. The summed E-state index contributed by atoms with van der Waals surface area (Å²) < 4.78 is 10.4. The molecule has 0 amide bonds. The molecule has 0 heterocycles. The molecule has 0 aliphatic rings. The molecule has 164 valence electrons. The van der Waals surface area contributed by atoms with Crippen molar-refractivity contribution in [2.75, 3.05) is 7.11 Å². The monoisotopic (exact) mass is 428 g/mol. The highest BCUT2D eigenvalue weighted by Crippen LogP contribution is 2.23. The number of benzene rings is 3. The lowest BCUT2D eigenvalue weighted by Gasteiger charge is -2.11. The van der Waals surface area contributed by atoms with Gasteiger partial charge in [-0.15, -0.1) is 0 Å². The van der Waals surface area contributed by atoms with Crippen molar-refractivity contribution < 1.29 is 19.1 Å². The predicted octanol–water partition coefficient (Wildman–Crippen LogP) is 5.96. The highest BCUT2D eigenvalue weighted by atomic mass is 16.5. The summed E-state index contributed by atoms with van der Waals surface area (Å²) in [6.45, 7) is 4.56. The van der Waals surface area contributed by atoms with Crippen LogP contribution in [0, 0.1) is 5.92 Å². The van der Waals surface area contributed by atoms with Crippen molar-refractivity contribution >= 4 is 23.6 Å². The Morgan fingerprint density at radius 3 is 2.03 bits per heavy atom. The first-order valence-electron chi connectivity index (χ1n) is 10.7. The van der Waals surface area contributed by atoms with Gasteiger partial charge in [-0.1, -0.05) is 80.6 Å². The lowest BCUT2D eigenvalue weighted by molar-refractivity contribution is -0.137. The molecule has 3 aromatic carbocycles. The molecule has 0 fully saturated rings. The van der Waals surface area contributed by atoms with Crippen LogP contribution in [0.4, 0.5) is 0 Å². The van der Waals surface area contributed by atoms with Gasteiger partial charge in [-0.3, -0.25) is 0 Å². The van der Waals surface area contributed by atoms with Crippen LogP contribution in [0.15, 0.2) is 78.9 Å². The Kier molecular flexibility index (Phi) is 7.98. The van der Waals surface area contributed by atoms with Gasteiger partial charge in [0.25, 0.3) is 0 Å². The lowest BCUT2D eigenvalue weighted by atomic mass is 9.98. The highest BCUT2D eigenvalue weighted by molar-refractivity contribution is 6.21. The van der Waals surface area contributed by atoms with E-state index in [0.717, 1.165) is 23.1 Å². The molecule has 3 aromatic rings. The van der Waals surface area contributed by atoms with E-state index in [1.807, 2.05) is 54.6 Å². The standard InChI is InChI=1S/C28H28O4/c1-20(2)17-21-9-13-24(14-10-21)26(28(30)32-19-23-7-5-4-6-8-23)18-22-11-15-25(16-12-22)27(29)31-3/h4-16,18,20H,17,19H2,1-3H3. The van der Waals surface area contributed by atoms with Crippen molar-refractivity contribution in [3.8, 4) is 0 Å². The van der Waals surface area contributed by atoms with E-state index in [2.05, 4.69) is 13.8 Å². The number of hydrogen-bond acceptors (Lipinski definition) is 4. The Morgan fingerprint density at radius 1 is 0.812 bits per heavy atom. The number of carbonyl (C=O) groups is 2. The van der Waals surface area contributed by atoms with Gasteiger partial charge >= 0.3 is 11.9 Å². The number of methoxy groups -OCH3 is 1. The average Bonchev–Trinajstić information content (AvgIpc) is 2.82. The maximum atomic E-state index is 13.0. The number of hydrogen-bond donors (Lipinski definition) is 0. The average molecular weight is 429 g/mol. The van der Waals surface area contributed by atoms with Gasteiger partial charge in [0.2, 0.25) is 0 Å². The number of ether oxygens (including phenoxy) is 2. The third kappa shape index (κ3) is 6.42. The summed E-state index contributed by atoms with van der Waals surface area (Å²) in [5.41, 5.74) is 4.64. The Hall–Kier alpha value is -3.66. The Bertz CT molecular complexity index is 1060. The van der Waals surface area contributed by atoms with Crippen LogP contribution in [0.5, 0.6) is 0 Å². The molecule has 4 nitrogen and oxygen atoms in total. The molecule has 0 spiro atoms. The van der Waals surface area contributed by atoms with Crippen LogP contribution in [0.3, 0.4) is 0 Å². The fraction of sp³-hybridized carbons (Fsp3) is 0.214. The smallest absolute Gasteiger partial charge is 0.339 e. The topological polar surface area (TPSA) is 52.6 Å². The minimum atomic E-state index is -0.400. The zero-order valence-electron chi connectivity index (χ0n) is 18.7. The van der Waals surface area contributed by atoms with Crippen molar-refractivity contribution in [3.63, 3.8) is 0 Å². The largest absolute Gasteiger partial charge is 0.465 e. The van der Waals surface area contributed by atoms with Crippen LogP contribution in [0.1, 0.15) is 46.5 Å². The molecule has 0 aliphatic carbocycles. The maximum absolute atomic E-state index is 13.0. The minimum Gasteiger partial charge on any atom is -0.465 e. The summed E-state index contributed by atoms with van der Waals surface area (Å²) in [5.74, 6) is -0.244. The minimum absolute atomic E-state index is 0.198. The summed E-state index contributed by atoms with van der Waals surface area (Å²) in [5, 5.41) is 0. The summed E-state index contributed by atoms with van der Waals surface area (Å²) in [6, 6.07) is 24.5. The second-order valence-electron chi connectivity index (χ2n) is 8.03. The fourth-order valence-corrected chi connectivity index (χ4v) is 3.35. The fourth-order valence-electron chi connectivity index (χ4n) is 3.35. The van der Waals surface area contributed by atoms with Crippen molar-refractivity contribution in [1.82, 2.24) is 0 Å². The molecule has 0 bridgehead atoms. The molecule has 0 unspecified atom stereocenters. The quantitative estimate of drug-likeness (QED) is 0.252. The van der Waals surface area contributed by atoms with Crippen molar-refractivity contribution in [1.29, 1.82) is 0 Å². The van der Waals surface area contributed by atoms with Crippen LogP contribution < -0.4 is 0 Å². The zero-order valence-corrected chi connectivity index (χ0v) is 18.7. The number of rotatable bonds is 8. The summed E-state index contributed by atoms with van der Waals surface area (Å²) in [6.07, 6.45) is 2.76. The van der Waals surface area contributed by atoms with E-state index in [1.165, 1.54) is 12.7 Å². The van der Waals surface area contributed by atoms with Crippen molar-refractivity contribution in [3.05, 3.63) is 107 Å². The Labute approximate surface area is 189 Å². The first-order chi connectivity index (χ1) is 15.5. The van der Waals surface area contributed by atoms with Crippen LogP contribution in [0.25, 0.3) is 11.6 Å². The van der Waals surface area contributed by atoms with E-state index in [4.69, 9.17) is 9.47 Å². The molecule has 0 saturated heterocycles. The van der Waals surface area contributed by atoms with E-state index in [0.29, 0.717) is 17.1 Å². The third-order valence-electron chi connectivity index (χ3n) is 4.98. The van der Waals surface area contributed by atoms with Crippen molar-refractivity contribution in [2.45, 2.75) is 26.9 Å². The zero-order chi connectivity index (χ0) is 22.9. The maximum Gasteiger partial charge on any atom is 0.339 e. The molecular weight excluding hydrogens is 400 g/mol. The molecule has 0 aliphatic heterocycles. The van der Waals surface area contributed by atoms with Crippen LogP contribution in [0.2, 0.25) is 0 Å². The molecule has 0 radical (unpaired) electrons. The summed E-state index contributed by atoms with van der Waals surface area (Å²) in [4.78, 5) is 24.7. The Morgan fingerprint density at radius 2 is 1.44 bits per heavy atom. The molecule has 32 heavy (non-hydrogen) atoms. The van der Waals surface area contributed by atoms with Crippen LogP contribution in [-0.4, -0.2) is 19.0 Å². The van der Waals surface area contributed by atoms with Gasteiger partial charge in [-0.25, -0.2) is 9.59 Å². The molecule has 0 atom stereocenters. The van der Waals surface area contributed by atoms with E-state index in [1.54, 1.807) is 30.3 Å². The molecule has 3 rings (SSSR count). The number of carbonyl (C=O) groups excluding carboxylic acids is 2. The third-order valence-corrected chi connectivity index (χ3v) is 4.98. The molecular formula is C28H28O4. The van der Waals surface area contributed by atoms with E-state index < -0.39 is 11.9 Å². The van der Waals surface area contributed by atoms with Gasteiger partial charge in [-0.05, 0) is 52.8 Å². The second-order valence-corrected chi connectivity index (χ2v) is 8.03. The van der Waals surface area contributed by atoms with Gasteiger partial charge in [0.15, 0.2) is 0 Å². The first-order valence-corrected chi connectivity index (χ1v) is 10.7. The first kappa shape index (κ1) is 23.0. The SMILES string of the molecule is COC(=O)c1ccc(C=C(C(=O)OCc2ccccc2)c2ccc(CC(C)C)cc2)cc1. The number of esters is 2. The predicted molar refractivity (Wildman–Crippen MR) is 127 cm³/mol. The van der Waals surface area contributed by atoms with Gasteiger partial charge in [0.05, 0.1) is 18.2 Å². The molecule has 0 aromatic heterocycles. The highest BCUT2D eigenvalue weighted by Gasteiger charge is 2.15. The summed E-state index contributed by atoms with van der Waals surface area (Å²) >= 11 is 0. The van der Waals surface area contributed by atoms with Crippen LogP contribution >= 0.6 is 0 Å². The van der Waals surface area contributed by atoms with Gasteiger partial charge in [0.1, 0.15) is 6.61 Å². The van der Waals surface area contributed by atoms with Crippen LogP contribution in [-0.2, 0) is 27.3 Å². The van der Waals surface area contributed by atoms with Gasteiger partial charge < -0.3 is 9.47 Å². The summed E-state index contributed by atoms with van der Waals surface area (Å²) in [7, 11) is 1.35. The normalized spacial score (nSPS) is 11.3. The van der Waals surface area contributed by atoms with Gasteiger partial charge in [-0.2, -0.15) is 0 Å². The van der Waals surface area contributed by atoms with Gasteiger partial charge in [0, 0.05) is 0 Å².